The number of benzene rings is 1. The number of likely N-dealkylation sites (tertiary alicyclic amines) is 1. The minimum Gasteiger partial charge on any atom is -0.465 e. The van der Waals surface area contributed by atoms with Crippen LogP contribution in [-0.2, 0) is 27.2 Å². The zero-order valence-corrected chi connectivity index (χ0v) is 28.6. The molecule has 1 saturated heterocycles. The Labute approximate surface area is 283 Å². The van der Waals surface area contributed by atoms with Gasteiger partial charge in [-0.1, -0.05) is 89.6 Å². The summed E-state index contributed by atoms with van der Waals surface area (Å²) in [6, 6.07) is 5.73. The zero-order chi connectivity index (χ0) is 34.6. The van der Waals surface area contributed by atoms with E-state index < -0.39 is 54.1 Å². The number of aromatic nitrogens is 2. The molecule has 4 amide bonds. The third-order valence-corrected chi connectivity index (χ3v) is 10.2. The number of amides is 4. The van der Waals surface area contributed by atoms with Gasteiger partial charge in [-0.3, -0.25) is 19.3 Å². The van der Waals surface area contributed by atoms with Crippen LogP contribution in [0.3, 0.4) is 0 Å². The van der Waals surface area contributed by atoms with Gasteiger partial charge in [-0.05, 0) is 42.6 Å². The minimum atomic E-state index is -1.19. The molecule has 264 valence electrons. The predicted octanol–water partition coefficient (Wildman–Crippen LogP) is 3.81. The highest BCUT2D eigenvalue weighted by Crippen LogP contribution is 2.30. The molecular formula is C36H54N6O6. The van der Waals surface area contributed by atoms with Crippen LogP contribution >= 0.6 is 0 Å². The quantitative estimate of drug-likeness (QED) is 0.149. The maximum atomic E-state index is 14.1. The van der Waals surface area contributed by atoms with Crippen molar-refractivity contribution in [2.75, 3.05) is 6.54 Å². The number of aromatic amines is 1. The molecule has 2 aromatic rings. The van der Waals surface area contributed by atoms with Crippen molar-refractivity contribution in [2.45, 2.75) is 122 Å². The summed E-state index contributed by atoms with van der Waals surface area (Å²) >= 11 is 0. The second-order valence-electron chi connectivity index (χ2n) is 13.9. The lowest BCUT2D eigenvalue weighted by Crippen LogP contribution is -2.62. The van der Waals surface area contributed by atoms with E-state index in [9.17, 15) is 29.4 Å². The largest absolute Gasteiger partial charge is 0.465 e. The number of aliphatic hydroxyl groups excluding tert-OH is 1. The Hall–Kier alpha value is -3.93. The second-order valence-corrected chi connectivity index (χ2v) is 13.9. The number of carbonyl (C=O) groups is 4. The van der Waals surface area contributed by atoms with Gasteiger partial charge in [-0.25, -0.2) is 9.78 Å². The number of H-pyrrole nitrogens is 1. The van der Waals surface area contributed by atoms with Crippen molar-refractivity contribution in [3.63, 3.8) is 0 Å². The normalized spacial score (nSPS) is 19.8. The molecule has 4 rings (SSSR count). The number of aliphatic hydroxyl groups is 1. The fourth-order valence-electron chi connectivity index (χ4n) is 7.07. The van der Waals surface area contributed by atoms with Gasteiger partial charge < -0.3 is 31.1 Å². The molecule has 2 fully saturated rings. The molecule has 2 aliphatic rings. The molecule has 0 bridgehead atoms. The number of carbonyl (C=O) groups excluding carboxylic acids is 3. The lowest BCUT2D eigenvalue weighted by atomic mass is 9.80. The number of hydrogen-bond donors (Lipinski definition) is 6. The van der Waals surface area contributed by atoms with Crippen molar-refractivity contribution >= 4 is 23.8 Å². The Morgan fingerprint density at radius 3 is 2.23 bits per heavy atom. The molecular weight excluding hydrogens is 612 g/mol. The van der Waals surface area contributed by atoms with Gasteiger partial charge in [0, 0.05) is 25.6 Å². The molecule has 1 aromatic carbocycles. The average molecular weight is 667 g/mol. The number of nitrogens with one attached hydrogen (secondary N) is 4. The van der Waals surface area contributed by atoms with E-state index in [1.165, 1.54) is 12.7 Å². The Bertz CT molecular complexity index is 1320. The predicted molar refractivity (Wildman–Crippen MR) is 182 cm³/mol. The van der Waals surface area contributed by atoms with Crippen LogP contribution in [0.2, 0.25) is 0 Å². The molecule has 1 aliphatic heterocycles. The number of hydrogen-bond acceptors (Lipinski definition) is 6. The summed E-state index contributed by atoms with van der Waals surface area (Å²) in [5.41, 5.74) is 1.36. The van der Waals surface area contributed by atoms with Gasteiger partial charge >= 0.3 is 6.09 Å². The van der Waals surface area contributed by atoms with Crippen LogP contribution in [0, 0.1) is 17.8 Å². The molecule has 12 nitrogen and oxygen atoms in total. The molecule has 1 aromatic heterocycles. The number of rotatable bonds is 17. The first-order valence-corrected chi connectivity index (χ1v) is 17.7. The van der Waals surface area contributed by atoms with E-state index in [0.717, 1.165) is 42.6 Å². The molecule has 1 saturated carbocycles. The van der Waals surface area contributed by atoms with Crippen LogP contribution in [0.1, 0.15) is 89.8 Å². The lowest BCUT2D eigenvalue weighted by Gasteiger charge is -2.38. The summed E-state index contributed by atoms with van der Waals surface area (Å²) in [6.45, 7) is 6.68. The van der Waals surface area contributed by atoms with Gasteiger partial charge in [0.05, 0.1) is 24.2 Å². The van der Waals surface area contributed by atoms with Crippen LogP contribution in [0.5, 0.6) is 0 Å². The molecule has 0 spiro atoms. The molecule has 48 heavy (non-hydrogen) atoms. The summed E-state index contributed by atoms with van der Waals surface area (Å²) in [6.07, 6.45) is 9.62. The van der Waals surface area contributed by atoms with Crippen molar-refractivity contribution in [1.82, 2.24) is 30.8 Å². The van der Waals surface area contributed by atoms with Crippen molar-refractivity contribution in [3.05, 3.63) is 54.1 Å². The van der Waals surface area contributed by atoms with Crippen LogP contribution in [-0.4, -0.2) is 85.7 Å². The smallest absolute Gasteiger partial charge is 0.407 e. The minimum absolute atomic E-state index is 0.0956. The maximum absolute atomic E-state index is 14.1. The van der Waals surface area contributed by atoms with Crippen LogP contribution < -0.4 is 16.0 Å². The van der Waals surface area contributed by atoms with Crippen LogP contribution in [0.4, 0.5) is 4.79 Å². The fourth-order valence-corrected chi connectivity index (χ4v) is 7.07. The van der Waals surface area contributed by atoms with Gasteiger partial charge in [0.25, 0.3) is 0 Å². The molecule has 0 radical (unpaired) electrons. The first kappa shape index (κ1) is 36.9. The van der Waals surface area contributed by atoms with E-state index in [2.05, 4.69) is 46.7 Å². The van der Waals surface area contributed by atoms with Crippen molar-refractivity contribution in [1.29, 1.82) is 0 Å². The summed E-state index contributed by atoms with van der Waals surface area (Å²) in [5.74, 6) is -0.454. The average Bonchev–Trinajstić information content (AvgIpc) is 3.55. The van der Waals surface area contributed by atoms with Gasteiger partial charge in [-0.15, -0.1) is 0 Å². The highest BCUT2D eigenvalue weighted by atomic mass is 16.4. The Kier molecular flexibility index (Phi) is 13.8. The monoisotopic (exact) mass is 666 g/mol. The van der Waals surface area contributed by atoms with Gasteiger partial charge in [0.1, 0.15) is 18.1 Å². The third kappa shape index (κ3) is 10.5. The van der Waals surface area contributed by atoms with E-state index in [1.807, 2.05) is 30.3 Å². The lowest BCUT2D eigenvalue weighted by molar-refractivity contribution is -0.135. The Morgan fingerprint density at radius 2 is 1.65 bits per heavy atom. The third-order valence-electron chi connectivity index (χ3n) is 10.2. The molecule has 0 unspecified atom stereocenters. The first-order chi connectivity index (χ1) is 23.0. The number of carboxylic acid groups (broad SMARTS) is 1. The van der Waals surface area contributed by atoms with Gasteiger partial charge in [0.2, 0.25) is 17.7 Å². The van der Waals surface area contributed by atoms with E-state index in [0.29, 0.717) is 42.7 Å². The SMILES string of the molecule is CC[C@@H](C[C@@H](O)[C@H](CC1CCCCC1)NC(=O)[C@H](Cc1c[nH]cn1)NC(=O)[C@H](Cc1ccccc1)NC(=O)[C@@H]1CCN1C(=O)O)C(C)C. The topological polar surface area (TPSA) is 177 Å². The molecule has 2 heterocycles. The first-order valence-electron chi connectivity index (χ1n) is 17.7. The highest BCUT2D eigenvalue weighted by Gasteiger charge is 2.40. The second kappa shape index (κ2) is 18.0. The summed E-state index contributed by atoms with van der Waals surface area (Å²) in [7, 11) is 0. The maximum Gasteiger partial charge on any atom is 0.407 e. The van der Waals surface area contributed by atoms with E-state index in [4.69, 9.17) is 0 Å². The van der Waals surface area contributed by atoms with E-state index in [1.54, 1.807) is 6.20 Å². The van der Waals surface area contributed by atoms with E-state index >= 15 is 0 Å². The van der Waals surface area contributed by atoms with Gasteiger partial charge in [0.15, 0.2) is 0 Å². The number of nitrogens with zero attached hydrogens (tertiary/aromatic N) is 2. The van der Waals surface area contributed by atoms with E-state index in [-0.39, 0.29) is 19.4 Å². The summed E-state index contributed by atoms with van der Waals surface area (Å²) in [5, 5.41) is 29.7. The Balaban J connectivity index is 1.54. The van der Waals surface area contributed by atoms with Crippen LogP contribution in [0.25, 0.3) is 0 Å². The Morgan fingerprint density at radius 1 is 0.958 bits per heavy atom. The molecule has 6 atom stereocenters. The van der Waals surface area contributed by atoms with Crippen LogP contribution in [0.15, 0.2) is 42.9 Å². The summed E-state index contributed by atoms with van der Waals surface area (Å²) < 4.78 is 0. The molecule has 1 aliphatic carbocycles. The number of imidazole rings is 1. The molecule has 6 N–H and O–H groups in total. The van der Waals surface area contributed by atoms with Gasteiger partial charge in [-0.2, -0.15) is 0 Å². The van der Waals surface area contributed by atoms with Crippen molar-refractivity contribution in [3.8, 4) is 0 Å². The highest BCUT2D eigenvalue weighted by molar-refractivity contribution is 5.94. The fraction of sp³-hybridized carbons (Fsp3) is 0.639. The summed E-state index contributed by atoms with van der Waals surface area (Å²) in [4.78, 5) is 61.0. The molecule has 12 heteroatoms. The van der Waals surface area contributed by atoms with Crippen molar-refractivity contribution < 1.29 is 29.4 Å². The standard InChI is InChI=1S/C36H54N6O6/c1-4-26(23(2)3)19-32(43)28(17-24-11-7-5-8-12-24)39-34(45)30(20-27-21-37-22-38-27)40-33(44)29(18-25-13-9-6-10-14-25)41-35(46)31-15-16-42(31)36(47)48/h6,9-10,13-14,21-24,26,28-32,43H,4-5,7-8,11-12,15-20H2,1-3H3,(H,37,38)(H,39,45)(H,40,44)(H,41,46)(H,47,48)/t26-,28-,29-,30-,31-,32+/m0/s1. The van der Waals surface area contributed by atoms with Crippen molar-refractivity contribution in [2.24, 2.45) is 17.8 Å². The zero-order valence-electron chi connectivity index (χ0n) is 28.6.